The molecule has 1 spiro atoms. The van der Waals surface area contributed by atoms with Crippen molar-refractivity contribution in [2.24, 2.45) is 5.41 Å². The second-order valence-electron chi connectivity index (χ2n) is 9.35. The quantitative estimate of drug-likeness (QED) is 0.712. The highest BCUT2D eigenvalue weighted by molar-refractivity contribution is 5.94. The molecule has 9 heteroatoms. The highest BCUT2D eigenvalue weighted by Gasteiger charge is 2.60. The maximum absolute atomic E-state index is 12.9. The molecule has 28 heavy (non-hydrogen) atoms. The van der Waals surface area contributed by atoms with E-state index in [2.05, 4.69) is 5.32 Å². The van der Waals surface area contributed by atoms with Crippen LogP contribution < -0.4 is 5.32 Å². The molecule has 3 aliphatic heterocycles. The van der Waals surface area contributed by atoms with Gasteiger partial charge in [-0.25, -0.2) is 4.79 Å². The summed E-state index contributed by atoms with van der Waals surface area (Å²) in [4.78, 5) is 38.9. The summed E-state index contributed by atoms with van der Waals surface area (Å²) in [7, 11) is 0. The number of likely N-dealkylation sites (tertiary alicyclic amines) is 1. The number of amides is 1. The molecule has 3 saturated heterocycles. The van der Waals surface area contributed by atoms with Gasteiger partial charge in [0, 0.05) is 25.6 Å². The van der Waals surface area contributed by atoms with E-state index in [1.165, 1.54) is 4.90 Å². The van der Waals surface area contributed by atoms with Crippen molar-refractivity contribution in [2.45, 2.75) is 77.0 Å². The molecule has 3 fully saturated rings. The van der Waals surface area contributed by atoms with Crippen molar-refractivity contribution in [3.63, 3.8) is 0 Å². The zero-order valence-corrected chi connectivity index (χ0v) is 17.1. The van der Waals surface area contributed by atoms with Crippen LogP contribution in [0.4, 0.5) is 4.79 Å². The highest BCUT2D eigenvalue weighted by Crippen LogP contribution is 2.43. The SMILES string of the molecule is CC(C)(C)OC(=O)N1CCC(=O)[C@]2(C[C@H]([C@@H]3COC(C)(C)O3)N[C@H]2C(=O)O)C1. The number of carbonyl (C=O) groups excluding carboxylic acids is 2. The van der Waals surface area contributed by atoms with E-state index in [-0.39, 0.29) is 43.9 Å². The van der Waals surface area contributed by atoms with Gasteiger partial charge >= 0.3 is 12.1 Å². The van der Waals surface area contributed by atoms with Crippen LogP contribution in [0.15, 0.2) is 0 Å². The van der Waals surface area contributed by atoms with Gasteiger partial charge in [0.1, 0.15) is 17.4 Å². The normalized spacial score (nSPS) is 35.4. The van der Waals surface area contributed by atoms with Gasteiger partial charge in [-0.2, -0.15) is 0 Å². The number of carboxylic acids is 1. The number of nitrogens with zero attached hydrogens (tertiary/aromatic N) is 1. The molecular formula is C19H30N2O7. The Bertz CT molecular complexity index is 672. The van der Waals surface area contributed by atoms with E-state index < -0.39 is 34.9 Å². The molecule has 0 unspecified atom stereocenters. The molecule has 4 atom stereocenters. The standard InChI is InChI=1S/C19H30N2O7/c1-17(2,3)28-16(25)21-7-6-13(22)19(10-21)8-11(20-14(19)15(23)24)12-9-26-18(4,5)27-12/h11-12,14,20H,6-10H2,1-5H3,(H,23,24)/t11-,12+,14+,19+/m1/s1. The van der Waals surface area contributed by atoms with Crippen LogP contribution in [0.25, 0.3) is 0 Å². The molecule has 0 aromatic heterocycles. The minimum atomic E-state index is -1.21. The number of carboxylic acid groups (broad SMARTS) is 1. The number of nitrogens with one attached hydrogen (secondary N) is 1. The van der Waals surface area contributed by atoms with Crippen molar-refractivity contribution in [1.29, 1.82) is 0 Å². The molecule has 3 aliphatic rings. The second-order valence-corrected chi connectivity index (χ2v) is 9.35. The van der Waals surface area contributed by atoms with Crippen molar-refractivity contribution in [3.8, 4) is 0 Å². The van der Waals surface area contributed by atoms with E-state index in [1.807, 2.05) is 0 Å². The number of rotatable bonds is 2. The molecule has 2 N–H and O–H groups in total. The Hall–Kier alpha value is -1.71. The lowest BCUT2D eigenvalue weighted by Gasteiger charge is -2.41. The van der Waals surface area contributed by atoms with Gasteiger partial charge in [-0.3, -0.25) is 14.9 Å². The van der Waals surface area contributed by atoms with E-state index in [0.717, 1.165) is 0 Å². The van der Waals surface area contributed by atoms with Crippen molar-refractivity contribution in [3.05, 3.63) is 0 Å². The third kappa shape index (κ3) is 4.01. The summed E-state index contributed by atoms with van der Waals surface area (Å²) < 4.78 is 16.9. The second kappa shape index (κ2) is 6.96. The van der Waals surface area contributed by atoms with Gasteiger partial charge in [0.15, 0.2) is 5.79 Å². The first-order valence-corrected chi connectivity index (χ1v) is 9.65. The summed E-state index contributed by atoms with van der Waals surface area (Å²) >= 11 is 0. The third-order valence-corrected chi connectivity index (χ3v) is 5.53. The molecule has 0 saturated carbocycles. The van der Waals surface area contributed by atoms with E-state index in [0.29, 0.717) is 6.61 Å². The topological polar surface area (TPSA) is 114 Å². The maximum Gasteiger partial charge on any atom is 0.410 e. The molecule has 1 amide bonds. The van der Waals surface area contributed by atoms with Gasteiger partial charge in [0.2, 0.25) is 0 Å². The Morgan fingerprint density at radius 2 is 2.00 bits per heavy atom. The number of hydrogen-bond donors (Lipinski definition) is 2. The Balaban J connectivity index is 1.82. The maximum atomic E-state index is 12.9. The molecule has 0 bridgehead atoms. The Kier molecular flexibility index (Phi) is 5.23. The minimum Gasteiger partial charge on any atom is -0.480 e. The lowest BCUT2D eigenvalue weighted by molar-refractivity contribution is -0.149. The van der Waals surface area contributed by atoms with Crippen LogP contribution in [-0.2, 0) is 23.8 Å². The molecule has 0 aliphatic carbocycles. The van der Waals surface area contributed by atoms with E-state index in [1.54, 1.807) is 34.6 Å². The molecule has 9 nitrogen and oxygen atoms in total. The predicted octanol–water partition coefficient (Wildman–Crippen LogP) is 1.15. The first kappa shape index (κ1) is 21.0. The third-order valence-electron chi connectivity index (χ3n) is 5.53. The summed E-state index contributed by atoms with van der Waals surface area (Å²) in [6.07, 6.45) is -0.522. The Morgan fingerprint density at radius 1 is 1.32 bits per heavy atom. The van der Waals surface area contributed by atoms with Crippen LogP contribution in [0.3, 0.4) is 0 Å². The largest absolute Gasteiger partial charge is 0.480 e. The molecule has 3 rings (SSSR count). The lowest BCUT2D eigenvalue weighted by Crippen LogP contribution is -2.59. The smallest absolute Gasteiger partial charge is 0.410 e. The van der Waals surface area contributed by atoms with Crippen LogP contribution in [0.5, 0.6) is 0 Å². The molecule has 158 valence electrons. The van der Waals surface area contributed by atoms with Crippen molar-refractivity contribution < 1.29 is 33.7 Å². The number of ether oxygens (including phenoxy) is 3. The van der Waals surface area contributed by atoms with Gasteiger partial charge in [0.25, 0.3) is 0 Å². The van der Waals surface area contributed by atoms with Crippen LogP contribution in [-0.4, -0.2) is 77.1 Å². The van der Waals surface area contributed by atoms with Gasteiger partial charge < -0.3 is 24.2 Å². The monoisotopic (exact) mass is 398 g/mol. The van der Waals surface area contributed by atoms with Crippen molar-refractivity contribution in [1.82, 2.24) is 10.2 Å². The highest BCUT2D eigenvalue weighted by atomic mass is 16.7. The van der Waals surface area contributed by atoms with Crippen LogP contribution in [0, 0.1) is 5.41 Å². The fraction of sp³-hybridized carbons (Fsp3) is 0.842. The number of ketones is 1. The molecular weight excluding hydrogens is 368 g/mol. The average Bonchev–Trinajstić information content (AvgIpc) is 3.09. The van der Waals surface area contributed by atoms with E-state index in [4.69, 9.17) is 14.2 Å². The summed E-state index contributed by atoms with van der Waals surface area (Å²) in [6.45, 7) is 9.44. The lowest BCUT2D eigenvalue weighted by atomic mass is 9.71. The molecule has 3 heterocycles. The van der Waals surface area contributed by atoms with Crippen molar-refractivity contribution in [2.75, 3.05) is 19.7 Å². The number of Topliss-reactive ketones (excluding diaryl/α,β-unsaturated/α-hetero) is 1. The first-order chi connectivity index (χ1) is 12.8. The van der Waals surface area contributed by atoms with E-state index >= 15 is 0 Å². The molecule has 0 aromatic carbocycles. The number of piperidine rings is 1. The van der Waals surface area contributed by atoms with Crippen LogP contribution >= 0.6 is 0 Å². The summed E-state index contributed by atoms with van der Waals surface area (Å²) in [6, 6.07) is -1.45. The minimum absolute atomic E-state index is 0.0121. The fourth-order valence-electron chi connectivity index (χ4n) is 4.31. The first-order valence-electron chi connectivity index (χ1n) is 9.65. The van der Waals surface area contributed by atoms with Crippen molar-refractivity contribution >= 4 is 17.8 Å². The predicted molar refractivity (Wildman–Crippen MR) is 97.7 cm³/mol. The number of hydrogen-bond acceptors (Lipinski definition) is 7. The number of carbonyl (C=O) groups is 3. The van der Waals surface area contributed by atoms with Gasteiger partial charge in [-0.05, 0) is 41.0 Å². The Labute approximate surface area is 164 Å². The zero-order valence-electron chi connectivity index (χ0n) is 17.1. The summed E-state index contributed by atoms with van der Waals surface area (Å²) in [5.41, 5.74) is -1.88. The van der Waals surface area contributed by atoms with Gasteiger partial charge in [-0.15, -0.1) is 0 Å². The Morgan fingerprint density at radius 3 is 2.54 bits per heavy atom. The van der Waals surface area contributed by atoms with Gasteiger partial charge in [-0.1, -0.05) is 0 Å². The number of aliphatic carboxylic acids is 1. The van der Waals surface area contributed by atoms with Crippen LogP contribution in [0.2, 0.25) is 0 Å². The molecule has 0 radical (unpaired) electrons. The summed E-state index contributed by atoms with van der Waals surface area (Å²) in [5, 5.41) is 12.9. The van der Waals surface area contributed by atoms with Gasteiger partial charge in [0.05, 0.1) is 18.1 Å². The molecule has 0 aromatic rings. The average molecular weight is 398 g/mol. The van der Waals surface area contributed by atoms with E-state index in [9.17, 15) is 19.5 Å². The van der Waals surface area contributed by atoms with Crippen LogP contribution in [0.1, 0.15) is 47.5 Å². The summed E-state index contributed by atoms with van der Waals surface area (Å²) in [5.74, 6) is -2.01. The fourth-order valence-corrected chi connectivity index (χ4v) is 4.31. The zero-order chi connectivity index (χ0) is 20.9.